The van der Waals surface area contributed by atoms with Gasteiger partial charge in [0, 0.05) is 38.6 Å². The van der Waals surface area contributed by atoms with E-state index in [4.69, 9.17) is 4.42 Å². The molecule has 1 aliphatic rings. The summed E-state index contributed by atoms with van der Waals surface area (Å²) in [5.74, 6) is 2.47. The molecule has 0 unspecified atom stereocenters. The van der Waals surface area contributed by atoms with E-state index in [0.29, 0.717) is 13.1 Å². The van der Waals surface area contributed by atoms with Gasteiger partial charge in [0.15, 0.2) is 0 Å². The van der Waals surface area contributed by atoms with Gasteiger partial charge >= 0.3 is 6.03 Å². The van der Waals surface area contributed by atoms with Crippen molar-refractivity contribution in [3.05, 3.63) is 42.2 Å². The number of nitrogens with zero attached hydrogens (tertiary/aromatic N) is 4. The second-order valence-electron chi connectivity index (χ2n) is 5.66. The summed E-state index contributed by atoms with van der Waals surface area (Å²) in [7, 11) is 0. The Kier molecular flexibility index (Phi) is 4.45. The number of aromatic nitrogens is 2. The molecular weight excluding hydrogens is 294 g/mol. The smallest absolute Gasteiger partial charge is 0.318 e. The first kappa shape index (κ1) is 15.3. The van der Waals surface area contributed by atoms with Crippen LogP contribution in [0.4, 0.5) is 10.6 Å². The number of amides is 2. The summed E-state index contributed by atoms with van der Waals surface area (Å²) >= 11 is 0. The Hall–Kier alpha value is -2.57. The zero-order valence-electron chi connectivity index (χ0n) is 13.4. The summed E-state index contributed by atoms with van der Waals surface area (Å²) < 4.78 is 5.55. The van der Waals surface area contributed by atoms with E-state index < -0.39 is 0 Å². The molecule has 0 aliphatic carbocycles. The molecule has 2 amide bonds. The zero-order chi connectivity index (χ0) is 16.2. The van der Waals surface area contributed by atoms with Crippen LogP contribution in [-0.2, 0) is 0 Å². The third-order valence-corrected chi connectivity index (χ3v) is 3.97. The van der Waals surface area contributed by atoms with Crippen molar-refractivity contribution in [2.24, 2.45) is 0 Å². The second kappa shape index (κ2) is 6.68. The lowest BCUT2D eigenvalue weighted by Gasteiger charge is -2.35. The Balaban J connectivity index is 1.52. The quantitative estimate of drug-likeness (QED) is 0.937. The van der Waals surface area contributed by atoms with E-state index in [1.54, 1.807) is 18.6 Å². The minimum Gasteiger partial charge on any atom is -0.464 e. The Morgan fingerprint density at radius 3 is 2.65 bits per heavy atom. The Labute approximate surface area is 135 Å². The Morgan fingerprint density at radius 1 is 1.26 bits per heavy atom. The van der Waals surface area contributed by atoms with Crippen molar-refractivity contribution in [3.63, 3.8) is 0 Å². The van der Waals surface area contributed by atoms with Crippen LogP contribution in [0.5, 0.6) is 0 Å². The van der Waals surface area contributed by atoms with E-state index in [2.05, 4.69) is 20.2 Å². The van der Waals surface area contributed by atoms with Gasteiger partial charge in [0.2, 0.25) is 0 Å². The molecule has 0 radical (unpaired) electrons. The molecule has 0 bridgehead atoms. The van der Waals surface area contributed by atoms with Crippen LogP contribution in [0.3, 0.4) is 0 Å². The first-order valence-corrected chi connectivity index (χ1v) is 7.76. The van der Waals surface area contributed by atoms with Crippen LogP contribution >= 0.6 is 0 Å². The standard InChI is InChI=1S/C16H21N5O2/c1-12-3-4-14(23-12)13(2)19-16(22)21-9-7-20(8-10-21)15-11-17-5-6-18-15/h3-6,11,13H,7-10H2,1-2H3,(H,19,22)/t13-/m0/s1. The number of piperazine rings is 1. The normalized spacial score (nSPS) is 16.3. The first-order chi connectivity index (χ1) is 11.1. The number of rotatable bonds is 3. The summed E-state index contributed by atoms with van der Waals surface area (Å²) in [6, 6.07) is 3.59. The van der Waals surface area contributed by atoms with Crippen molar-refractivity contribution in [1.29, 1.82) is 0 Å². The highest BCUT2D eigenvalue weighted by molar-refractivity contribution is 5.75. The molecule has 7 nitrogen and oxygen atoms in total. The van der Waals surface area contributed by atoms with Gasteiger partial charge in [-0.25, -0.2) is 9.78 Å². The van der Waals surface area contributed by atoms with Crippen LogP contribution in [0.1, 0.15) is 24.5 Å². The summed E-state index contributed by atoms with van der Waals surface area (Å²) in [4.78, 5) is 24.7. The lowest BCUT2D eigenvalue weighted by molar-refractivity contribution is 0.189. The van der Waals surface area contributed by atoms with Gasteiger partial charge in [-0.15, -0.1) is 0 Å². The molecule has 7 heteroatoms. The molecule has 2 aromatic heterocycles. The predicted octanol–water partition coefficient (Wildman–Crippen LogP) is 1.97. The van der Waals surface area contributed by atoms with E-state index in [1.165, 1.54) is 0 Å². The van der Waals surface area contributed by atoms with Crippen molar-refractivity contribution in [1.82, 2.24) is 20.2 Å². The molecule has 3 rings (SSSR count). The monoisotopic (exact) mass is 315 g/mol. The van der Waals surface area contributed by atoms with Crippen LogP contribution in [-0.4, -0.2) is 47.1 Å². The number of carbonyl (C=O) groups excluding carboxylic acids is 1. The number of hydrogen-bond acceptors (Lipinski definition) is 5. The third kappa shape index (κ3) is 3.61. The molecule has 1 saturated heterocycles. The zero-order valence-corrected chi connectivity index (χ0v) is 13.4. The van der Waals surface area contributed by atoms with Gasteiger partial charge in [-0.2, -0.15) is 0 Å². The summed E-state index contributed by atoms with van der Waals surface area (Å²) in [6.07, 6.45) is 5.09. The van der Waals surface area contributed by atoms with Gasteiger partial charge in [0.1, 0.15) is 17.3 Å². The summed E-state index contributed by atoms with van der Waals surface area (Å²) in [6.45, 7) is 6.63. The largest absolute Gasteiger partial charge is 0.464 e. The second-order valence-corrected chi connectivity index (χ2v) is 5.66. The molecule has 0 saturated carbocycles. The van der Waals surface area contributed by atoms with Crippen molar-refractivity contribution in [2.45, 2.75) is 19.9 Å². The molecule has 1 aliphatic heterocycles. The van der Waals surface area contributed by atoms with Crippen LogP contribution in [0.25, 0.3) is 0 Å². The highest BCUT2D eigenvalue weighted by atomic mass is 16.3. The van der Waals surface area contributed by atoms with Crippen LogP contribution < -0.4 is 10.2 Å². The molecule has 1 fully saturated rings. The van der Waals surface area contributed by atoms with Crippen LogP contribution in [0.2, 0.25) is 0 Å². The number of aryl methyl sites for hydroxylation is 1. The van der Waals surface area contributed by atoms with Crippen molar-refractivity contribution < 1.29 is 9.21 Å². The lowest BCUT2D eigenvalue weighted by atomic mass is 10.2. The highest BCUT2D eigenvalue weighted by Crippen LogP contribution is 2.16. The summed E-state index contributed by atoms with van der Waals surface area (Å²) in [5, 5.41) is 2.98. The lowest BCUT2D eigenvalue weighted by Crippen LogP contribution is -2.52. The minimum absolute atomic E-state index is 0.0645. The molecule has 122 valence electrons. The SMILES string of the molecule is Cc1ccc([C@H](C)NC(=O)N2CCN(c3cnccn3)CC2)o1. The summed E-state index contributed by atoms with van der Waals surface area (Å²) in [5.41, 5.74) is 0. The van der Waals surface area contributed by atoms with Crippen LogP contribution in [0, 0.1) is 6.92 Å². The molecule has 0 spiro atoms. The van der Waals surface area contributed by atoms with E-state index in [0.717, 1.165) is 30.4 Å². The van der Waals surface area contributed by atoms with E-state index in [9.17, 15) is 4.79 Å². The van der Waals surface area contributed by atoms with Gasteiger partial charge in [-0.05, 0) is 26.0 Å². The number of carbonyl (C=O) groups is 1. The fraction of sp³-hybridized carbons (Fsp3) is 0.438. The average Bonchev–Trinajstić information content (AvgIpc) is 3.02. The maximum Gasteiger partial charge on any atom is 0.318 e. The fourth-order valence-corrected chi connectivity index (χ4v) is 2.63. The Bertz CT molecular complexity index is 650. The van der Waals surface area contributed by atoms with E-state index >= 15 is 0 Å². The first-order valence-electron chi connectivity index (χ1n) is 7.76. The van der Waals surface area contributed by atoms with Crippen molar-refractivity contribution in [3.8, 4) is 0 Å². The van der Waals surface area contributed by atoms with Gasteiger partial charge < -0.3 is 19.5 Å². The van der Waals surface area contributed by atoms with Gasteiger partial charge in [-0.3, -0.25) is 4.98 Å². The fourth-order valence-electron chi connectivity index (χ4n) is 2.63. The number of nitrogens with one attached hydrogen (secondary N) is 1. The molecule has 1 N–H and O–H groups in total. The molecular formula is C16H21N5O2. The van der Waals surface area contributed by atoms with Crippen molar-refractivity contribution >= 4 is 11.8 Å². The van der Waals surface area contributed by atoms with Gasteiger partial charge in [0.25, 0.3) is 0 Å². The maximum absolute atomic E-state index is 12.4. The van der Waals surface area contributed by atoms with Gasteiger partial charge in [-0.1, -0.05) is 0 Å². The topological polar surface area (TPSA) is 74.5 Å². The molecule has 0 aromatic carbocycles. The highest BCUT2D eigenvalue weighted by Gasteiger charge is 2.23. The number of urea groups is 1. The number of anilines is 1. The minimum atomic E-state index is -0.144. The van der Waals surface area contributed by atoms with E-state index in [-0.39, 0.29) is 12.1 Å². The Morgan fingerprint density at radius 2 is 2.04 bits per heavy atom. The predicted molar refractivity (Wildman–Crippen MR) is 86.2 cm³/mol. The number of hydrogen-bond donors (Lipinski definition) is 1. The third-order valence-electron chi connectivity index (χ3n) is 3.97. The number of furan rings is 1. The van der Waals surface area contributed by atoms with Crippen molar-refractivity contribution in [2.75, 3.05) is 31.1 Å². The maximum atomic E-state index is 12.4. The average molecular weight is 315 g/mol. The molecule has 23 heavy (non-hydrogen) atoms. The molecule has 1 atom stereocenters. The van der Waals surface area contributed by atoms with E-state index in [1.807, 2.05) is 30.9 Å². The van der Waals surface area contributed by atoms with Gasteiger partial charge in [0.05, 0.1) is 12.2 Å². The molecule has 3 heterocycles. The molecule has 2 aromatic rings. The van der Waals surface area contributed by atoms with Crippen LogP contribution in [0.15, 0.2) is 35.1 Å².